The minimum absolute atomic E-state index is 0.267. The number of rotatable bonds is 2. The van der Waals surface area contributed by atoms with Gasteiger partial charge in [0.1, 0.15) is 5.82 Å². The second kappa shape index (κ2) is 5.33. The lowest BCUT2D eigenvalue weighted by Gasteiger charge is -2.04. The Morgan fingerprint density at radius 1 is 1.25 bits per heavy atom. The van der Waals surface area contributed by atoms with Crippen LogP contribution >= 0.6 is 38.5 Å². The molecule has 1 heterocycles. The van der Waals surface area contributed by atoms with Gasteiger partial charge in [0, 0.05) is 8.04 Å². The van der Waals surface area contributed by atoms with Crippen molar-refractivity contribution in [3.63, 3.8) is 0 Å². The molecule has 0 aliphatic heterocycles. The van der Waals surface area contributed by atoms with Gasteiger partial charge in [0.05, 0.1) is 12.1 Å². The lowest BCUT2D eigenvalue weighted by atomic mass is 10.2. The standard InChI is InChI=1S/C14H8BrFINO2/c15-9-3-8(4-10(16)5-9)7-18-12-2-1-11(17)6-13(12)20-14(18)19/h1-6H,7H2. The summed E-state index contributed by atoms with van der Waals surface area (Å²) in [4.78, 5) is 11.9. The summed E-state index contributed by atoms with van der Waals surface area (Å²) in [6.07, 6.45) is 0. The highest BCUT2D eigenvalue weighted by Gasteiger charge is 2.10. The van der Waals surface area contributed by atoms with Gasteiger partial charge in [-0.2, -0.15) is 0 Å². The summed E-state index contributed by atoms with van der Waals surface area (Å²) < 4.78 is 21.7. The summed E-state index contributed by atoms with van der Waals surface area (Å²) in [5, 5.41) is 0. The van der Waals surface area contributed by atoms with E-state index in [1.807, 2.05) is 12.1 Å². The van der Waals surface area contributed by atoms with Crippen LogP contribution < -0.4 is 5.76 Å². The molecule has 6 heteroatoms. The van der Waals surface area contributed by atoms with E-state index in [9.17, 15) is 9.18 Å². The van der Waals surface area contributed by atoms with Crippen LogP contribution in [0.25, 0.3) is 11.1 Å². The summed E-state index contributed by atoms with van der Waals surface area (Å²) in [6.45, 7) is 0.267. The predicted molar refractivity (Wildman–Crippen MR) is 86.4 cm³/mol. The van der Waals surface area contributed by atoms with Crippen LogP contribution in [0.1, 0.15) is 5.56 Å². The Morgan fingerprint density at radius 3 is 2.80 bits per heavy atom. The van der Waals surface area contributed by atoms with Gasteiger partial charge in [-0.15, -0.1) is 0 Å². The summed E-state index contributed by atoms with van der Waals surface area (Å²) >= 11 is 5.40. The molecule has 0 atom stereocenters. The second-order valence-electron chi connectivity index (χ2n) is 4.34. The number of fused-ring (bicyclic) bond motifs is 1. The second-order valence-corrected chi connectivity index (χ2v) is 6.51. The van der Waals surface area contributed by atoms with Gasteiger partial charge in [0.2, 0.25) is 0 Å². The number of hydrogen-bond acceptors (Lipinski definition) is 2. The first-order valence-electron chi connectivity index (χ1n) is 5.77. The van der Waals surface area contributed by atoms with Gasteiger partial charge >= 0.3 is 5.76 Å². The molecule has 20 heavy (non-hydrogen) atoms. The van der Waals surface area contributed by atoms with Crippen LogP contribution in [0.5, 0.6) is 0 Å². The molecule has 102 valence electrons. The first-order valence-corrected chi connectivity index (χ1v) is 7.64. The van der Waals surface area contributed by atoms with Crippen LogP contribution in [-0.4, -0.2) is 4.57 Å². The summed E-state index contributed by atoms with van der Waals surface area (Å²) in [5.41, 5.74) is 1.94. The molecule has 3 nitrogen and oxygen atoms in total. The van der Waals surface area contributed by atoms with Crippen LogP contribution in [0.2, 0.25) is 0 Å². The van der Waals surface area contributed by atoms with E-state index < -0.39 is 5.76 Å². The fraction of sp³-hybridized carbons (Fsp3) is 0.0714. The van der Waals surface area contributed by atoms with Gasteiger partial charge in [0.25, 0.3) is 0 Å². The molecule has 0 radical (unpaired) electrons. The van der Waals surface area contributed by atoms with Crippen molar-refractivity contribution >= 4 is 49.6 Å². The van der Waals surface area contributed by atoms with Gasteiger partial charge in [0.15, 0.2) is 5.58 Å². The van der Waals surface area contributed by atoms with Crippen LogP contribution in [-0.2, 0) is 6.54 Å². The Bertz CT molecular complexity index is 836. The molecule has 0 spiro atoms. The van der Waals surface area contributed by atoms with Crippen LogP contribution in [0.4, 0.5) is 4.39 Å². The molecule has 1 aromatic heterocycles. The third-order valence-electron chi connectivity index (χ3n) is 2.89. The SMILES string of the molecule is O=c1oc2cc(I)ccc2n1Cc1cc(F)cc(Br)c1. The highest BCUT2D eigenvalue weighted by Crippen LogP contribution is 2.19. The van der Waals surface area contributed by atoms with E-state index in [4.69, 9.17) is 4.42 Å². The van der Waals surface area contributed by atoms with Crippen molar-refractivity contribution in [1.82, 2.24) is 4.57 Å². The molecule has 0 bridgehead atoms. The molecule has 0 aliphatic carbocycles. The van der Waals surface area contributed by atoms with Crippen molar-refractivity contribution in [2.75, 3.05) is 0 Å². The summed E-state index contributed by atoms with van der Waals surface area (Å²) in [6, 6.07) is 10.1. The van der Waals surface area contributed by atoms with Crippen molar-refractivity contribution in [2.24, 2.45) is 0 Å². The van der Waals surface area contributed by atoms with Crippen molar-refractivity contribution in [1.29, 1.82) is 0 Å². The van der Waals surface area contributed by atoms with Crippen LogP contribution in [0, 0.1) is 9.39 Å². The minimum atomic E-state index is -0.442. The van der Waals surface area contributed by atoms with Crippen molar-refractivity contribution in [3.05, 3.63) is 66.4 Å². The van der Waals surface area contributed by atoms with E-state index in [1.54, 1.807) is 12.1 Å². The number of oxazole rings is 1. The fourth-order valence-corrected chi connectivity index (χ4v) is 3.05. The van der Waals surface area contributed by atoms with Crippen molar-refractivity contribution < 1.29 is 8.81 Å². The van der Waals surface area contributed by atoms with Gasteiger partial charge < -0.3 is 4.42 Å². The Morgan fingerprint density at radius 2 is 2.05 bits per heavy atom. The summed E-state index contributed by atoms with van der Waals surface area (Å²) in [7, 11) is 0. The lowest BCUT2D eigenvalue weighted by Crippen LogP contribution is -2.14. The highest BCUT2D eigenvalue weighted by atomic mass is 127. The Kier molecular flexibility index (Phi) is 3.68. The zero-order valence-corrected chi connectivity index (χ0v) is 13.8. The number of halogens is 3. The van der Waals surface area contributed by atoms with Gasteiger partial charge in [-0.25, -0.2) is 9.18 Å². The molecular weight excluding hydrogens is 440 g/mol. The zero-order chi connectivity index (χ0) is 14.3. The van der Waals surface area contributed by atoms with Crippen LogP contribution in [0.15, 0.2) is 50.1 Å². The average molecular weight is 448 g/mol. The Balaban J connectivity index is 2.10. The third kappa shape index (κ3) is 2.67. The molecule has 2 aromatic carbocycles. The third-order valence-corrected chi connectivity index (χ3v) is 4.02. The Labute approximate surface area is 135 Å². The van der Waals surface area contributed by atoms with E-state index in [0.717, 1.165) is 3.57 Å². The monoisotopic (exact) mass is 447 g/mol. The first kappa shape index (κ1) is 13.8. The number of benzene rings is 2. The molecule has 3 rings (SSSR count). The zero-order valence-electron chi connectivity index (χ0n) is 10.1. The summed E-state index contributed by atoms with van der Waals surface area (Å²) in [5.74, 6) is -0.785. The predicted octanol–water partition coefficient (Wildman–Crippen LogP) is 4.15. The highest BCUT2D eigenvalue weighted by molar-refractivity contribution is 14.1. The van der Waals surface area contributed by atoms with Gasteiger partial charge in [-0.3, -0.25) is 4.57 Å². The number of hydrogen-bond donors (Lipinski definition) is 0. The van der Waals surface area contributed by atoms with E-state index in [2.05, 4.69) is 38.5 Å². The minimum Gasteiger partial charge on any atom is -0.408 e. The van der Waals surface area contributed by atoms with Gasteiger partial charge in [-0.1, -0.05) is 15.9 Å². The van der Waals surface area contributed by atoms with E-state index in [0.29, 0.717) is 21.1 Å². The largest absolute Gasteiger partial charge is 0.420 e. The molecule has 0 aliphatic rings. The molecule has 0 saturated carbocycles. The van der Waals surface area contributed by atoms with Crippen LogP contribution in [0.3, 0.4) is 0 Å². The number of aromatic nitrogens is 1. The number of nitrogens with zero attached hydrogens (tertiary/aromatic N) is 1. The lowest BCUT2D eigenvalue weighted by molar-refractivity contribution is 0.517. The normalized spacial score (nSPS) is 11.2. The molecule has 0 amide bonds. The fourth-order valence-electron chi connectivity index (χ4n) is 2.07. The quantitative estimate of drug-likeness (QED) is 0.553. The average Bonchev–Trinajstić information content (AvgIpc) is 2.64. The molecule has 0 saturated heterocycles. The molecular formula is C14H8BrFINO2. The Hall–Kier alpha value is -1.15. The van der Waals surface area contributed by atoms with E-state index >= 15 is 0 Å². The topological polar surface area (TPSA) is 35.1 Å². The molecule has 0 unspecified atom stereocenters. The smallest absolute Gasteiger partial charge is 0.408 e. The van der Waals surface area contributed by atoms with E-state index in [-0.39, 0.29) is 12.4 Å². The van der Waals surface area contributed by atoms with E-state index in [1.165, 1.54) is 16.7 Å². The van der Waals surface area contributed by atoms with Gasteiger partial charge in [-0.05, 0) is 64.6 Å². The maximum absolute atomic E-state index is 13.4. The molecule has 0 fully saturated rings. The van der Waals surface area contributed by atoms with Crippen molar-refractivity contribution in [3.8, 4) is 0 Å². The molecule has 3 aromatic rings. The van der Waals surface area contributed by atoms with Crippen molar-refractivity contribution in [2.45, 2.75) is 6.54 Å². The maximum atomic E-state index is 13.4. The molecule has 0 N–H and O–H groups in total. The maximum Gasteiger partial charge on any atom is 0.420 e. The first-order chi connectivity index (χ1) is 9.52.